The molecule has 0 fully saturated rings. The van der Waals surface area contributed by atoms with Gasteiger partial charge < -0.3 is 15.0 Å². The van der Waals surface area contributed by atoms with Gasteiger partial charge >= 0.3 is 0 Å². The monoisotopic (exact) mass is 247 g/mol. The van der Waals surface area contributed by atoms with E-state index in [1.54, 1.807) is 7.11 Å². The zero-order chi connectivity index (χ0) is 13.0. The molecule has 2 aromatic rings. The summed E-state index contributed by atoms with van der Waals surface area (Å²) in [4.78, 5) is 4.30. The minimum atomic E-state index is -0.401. The van der Waals surface area contributed by atoms with Crippen molar-refractivity contribution in [2.75, 3.05) is 7.11 Å². The molecule has 2 atom stereocenters. The van der Waals surface area contributed by atoms with Crippen molar-refractivity contribution >= 4 is 0 Å². The first-order valence-electron chi connectivity index (χ1n) is 5.93. The molecule has 18 heavy (non-hydrogen) atoms. The van der Waals surface area contributed by atoms with Crippen molar-refractivity contribution in [3.8, 4) is 0 Å². The van der Waals surface area contributed by atoms with Gasteiger partial charge in [-0.2, -0.15) is 4.98 Å². The van der Waals surface area contributed by atoms with E-state index in [1.807, 2.05) is 37.3 Å². The van der Waals surface area contributed by atoms with Crippen molar-refractivity contribution in [1.29, 1.82) is 0 Å². The molecule has 1 heterocycles. The molecule has 2 rings (SSSR count). The molecule has 0 aliphatic heterocycles. The molecule has 0 amide bonds. The Morgan fingerprint density at radius 1 is 1.33 bits per heavy atom. The lowest BCUT2D eigenvalue weighted by Gasteiger charge is -2.07. The summed E-state index contributed by atoms with van der Waals surface area (Å²) in [5.41, 5.74) is 7.02. The van der Waals surface area contributed by atoms with Gasteiger partial charge in [0.25, 0.3) is 0 Å². The van der Waals surface area contributed by atoms with Crippen LogP contribution in [0, 0.1) is 0 Å². The van der Waals surface area contributed by atoms with Gasteiger partial charge in [-0.05, 0) is 12.0 Å². The Labute approximate surface area is 106 Å². The predicted molar refractivity (Wildman–Crippen MR) is 66.8 cm³/mol. The third kappa shape index (κ3) is 2.57. The number of aromatic nitrogens is 2. The summed E-state index contributed by atoms with van der Waals surface area (Å²) < 4.78 is 10.5. The third-order valence-corrected chi connectivity index (χ3v) is 2.83. The lowest BCUT2D eigenvalue weighted by molar-refractivity contribution is 0.0903. The Morgan fingerprint density at radius 2 is 2.06 bits per heavy atom. The maximum Gasteiger partial charge on any atom is 0.248 e. The van der Waals surface area contributed by atoms with Gasteiger partial charge in [0.1, 0.15) is 12.1 Å². The van der Waals surface area contributed by atoms with Gasteiger partial charge in [-0.25, -0.2) is 0 Å². The van der Waals surface area contributed by atoms with Crippen molar-refractivity contribution in [3.05, 3.63) is 47.6 Å². The van der Waals surface area contributed by atoms with Gasteiger partial charge in [-0.15, -0.1) is 0 Å². The zero-order valence-electron chi connectivity index (χ0n) is 10.5. The Balaban J connectivity index is 2.20. The van der Waals surface area contributed by atoms with Gasteiger partial charge in [-0.3, -0.25) is 0 Å². The number of rotatable bonds is 5. The highest BCUT2D eigenvalue weighted by atomic mass is 16.5. The summed E-state index contributed by atoms with van der Waals surface area (Å²) in [5, 5.41) is 3.91. The van der Waals surface area contributed by atoms with E-state index in [2.05, 4.69) is 10.1 Å². The Morgan fingerprint density at radius 3 is 2.67 bits per heavy atom. The molecular weight excluding hydrogens is 230 g/mol. The number of benzene rings is 1. The maximum atomic E-state index is 6.08. The van der Waals surface area contributed by atoms with Crippen LogP contribution in [0.4, 0.5) is 0 Å². The fraction of sp³-hybridized carbons (Fsp3) is 0.385. The van der Waals surface area contributed by atoms with E-state index in [9.17, 15) is 0 Å². The molecule has 96 valence electrons. The summed E-state index contributed by atoms with van der Waals surface area (Å²) >= 11 is 0. The van der Waals surface area contributed by atoms with Crippen LogP contribution >= 0.6 is 0 Å². The molecule has 0 saturated heterocycles. The Hall–Kier alpha value is -1.72. The van der Waals surface area contributed by atoms with Crippen LogP contribution in [0.15, 0.2) is 34.9 Å². The predicted octanol–water partition coefficient (Wildman–Crippen LogP) is 2.22. The summed E-state index contributed by atoms with van der Waals surface area (Å²) in [5.74, 6) is 0.952. The molecule has 0 aliphatic rings. The van der Waals surface area contributed by atoms with E-state index >= 15 is 0 Å². The lowest BCUT2D eigenvalue weighted by Crippen LogP contribution is -2.12. The van der Waals surface area contributed by atoms with E-state index in [0.29, 0.717) is 11.7 Å². The molecule has 5 nitrogen and oxygen atoms in total. The number of hydrogen-bond acceptors (Lipinski definition) is 5. The first-order chi connectivity index (χ1) is 8.76. The number of methoxy groups -OCH3 is 1. The average Bonchev–Trinajstić information content (AvgIpc) is 2.90. The minimum absolute atomic E-state index is 0.148. The molecular formula is C13H17N3O2. The van der Waals surface area contributed by atoms with Gasteiger partial charge in [-0.1, -0.05) is 42.4 Å². The summed E-state index contributed by atoms with van der Waals surface area (Å²) in [6.07, 6.45) is 0.640. The topological polar surface area (TPSA) is 74.2 Å². The molecule has 0 aliphatic carbocycles. The van der Waals surface area contributed by atoms with E-state index in [-0.39, 0.29) is 6.10 Å². The van der Waals surface area contributed by atoms with Crippen LogP contribution in [0.1, 0.15) is 42.8 Å². The fourth-order valence-corrected chi connectivity index (χ4v) is 1.76. The molecule has 5 heteroatoms. The summed E-state index contributed by atoms with van der Waals surface area (Å²) in [6.45, 7) is 2.00. The van der Waals surface area contributed by atoms with Crippen LogP contribution in [0.3, 0.4) is 0 Å². The normalized spacial score (nSPS) is 14.4. The number of nitrogens with zero attached hydrogens (tertiary/aromatic N) is 2. The van der Waals surface area contributed by atoms with Gasteiger partial charge in [0.2, 0.25) is 11.7 Å². The molecule has 0 saturated carbocycles. The van der Waals surface area contributed by atoms with E-state index in [0.717, 1.165) is 12.0 Å². The lowest BCUT2D eigenvalue weighted by atomic mass is 10.1. The first kappa shape index (κ1) is 12.7. The zero-order valence-corrected chi connectivity index (χ0v) is 10.5. The minimum Gasteiger partial charge on any atom is -0.373 e. The second-order valence-electron chi connectivity index (χ2n) is 4.01. The van der Waals surface area contributed by atoms with Gasteiger partial charge in [0.15, 0.2) is 0 Å². The van der Waals surface area contributed by atoms with Crippen LogP contribution in [0.5, 0.6) is 0 Å². The van der Waals surface area contributed by atoms with Crippen molar-refractivity contribution in [2.45, 2.75) is 25.5 Å². The second kappa shape index (κ2) is 5.75. The highest BCUT2D eigenvalue weighted by Crippen LogP contribution is 2.21. The molecule has 1 aromatic heterocycles. The van der Waals surface area contributed by atoms with Crippen molar-refractivity contribution in [2.24, 2.45) is 5.73 Å². The highest BCUT2D eigenvalue weighted by molar-refractivity contribution is 5.23. The first-order valence-corrected chi connectivity index (χ1v) is 5.93. The number of hydrogen-bond donors (Lipinski definition) is 1. The molecule has 0 bridgehead atoms. The summed E-state index contributed by atoms with van der Waals surface area (Å²) in [6, 6.07) is 9.26. The SMILES string of the molecule is CCC(OC)c1noc(C(N)c2ccccc2)n1. The smallest absolute Gasteiger partial charge is 0.248 e. The Kier molecular flexibility index (Phi) is 4.07. The summed E-state index contributed by atoms with van der Waals surface area (Å²) in [7, 11) is 1.63. The van der Waals surface area contributed by atoms with Crippen molar-refractivity contribution in [1.82, 2.24) is 10.1 Å². The van der Waals surface area contributed by atoms with Crippen LogP contribution in [-0.2, 0) is 4.74 Å². The second-order valence-corrected chi connectivity index (χ2v) is 4.01. The van der Waals surface area contributed by atoms with Gasteiger partial charge in [0.05, 0.1) is 0 Å². The largest absolute Gasteiger partial charge is 0.373 e. The third-order valence-electron chi connectivity index (χ3n) is 2.83. The Bertz CT molecular complexity index is 480. The van der Waals surface area contributed by atoms with Crippen molar-refractivity contribution < 1.29 is 9.26 Å². The average molecular weight is 247 g/mol. The van der Waals surface area contributed by atoms with E-state index < -0.39 is 6.04 Å². The van der Waals surface area contributed by atoms with E-state index in [4.69, 9.17) is 15.0 Å². The molecule has 0 radical (unpaired) electrons. The maximum absolute atomic E-state index is 6.08. The number of ether oxygens (including phenoxy) is 1. The molecule has 1 aromatic carbocycles. The van der Waals surface area contributed by atoms with E-state index in [1.165, 1.54) is 0 Å². The fourth-order valence-electron chi connectivity index (χ4n) is 1.76. The molecule has 0 spiro atoms. The highest BCUT2D eigenvalue weighted by Gasteiger charge is 2.20. The van der Waals surface area contributed by atoms with Crippen molar-refractivity contribution in [3.63, 3.8) is 0 Å². The quantitative estimate of drug-likeness (QED) is 0.876. The van der Waals surface area contributed by atoms with Crippen LogP contribution in [0.25, 0.3) is 0 Å². The molecule has 2 unspecified atom stereocenters. The standard InChI is InChI=1S/C13H17N3O2/c1-3-10(17-2)12-15-13(18-16-12)11(14)9-7-5-4-6-8-9/h4-8,10-11H,3,14H2,1-2H3. The van der Waals surface area contributed by atoms with Crippen LogP contribution in [0.2, 0.25) is 0 Å². The number of nitrogens with two attached hydrogens (primary N) is 1. The van der Waals surface area contributed by atoms with Crippen LogP contribution < -0.4 is 5.73 Å². The van der Waals surface area contributed by atoms with Crippen LogP contribution in [-0.4, -0.2) is 17.3 Å². The van der Waals surface area contributed by atoms with Gasteiger partial charge in [0, 0.05) is 7.11 Å². The molecule has 2 N–H and O–H groups in total.